The van der Waals surface area contributed by atoms with Crippen LogP contribution in [0.1, 0.15) is 5.69 Å². The normalized spacial score (nSPS) is 10.5. The average molecular weight is 332 g/mol. The predicted molar refractivity (Wildman–Crippen MR) is 81.0 cm³/mol. The maximum absolute atomic E-state index is 13.6. The van der Waals surface area contributed by atoms with E-state index in [-0.39, 0.29) is 11.6 Å². The molecule has 0 saturated carbocycles. The molecular formula is C15H11F3N6. The minimum absolute atomic E-state index is 0.0640. The molecule has 1 aromatic carbocycles. The van der Waals surface area contributed by atoms with E-state index in [9.17, 15) is 13.2 Å². The smallest absolute Gasteiger partial charge is 0.249 e. The molecule has 9 heteroatoms. The Kier molecular flexibility index (Phi) is 4.50. The maximum Gasteiger partial charge on any atom is 0.249 e. The van der Waals surface area contributed by atoms with Gasteiger partial charge < -0.3 is 10.6 Å². The van der Waals surface area contributed by atoms with Crippen molar-refractivity contribution in [1.82, 2.24) is 20.2 Å². The van der Waals surface area contributed by atoms with Crippen LogP contribution in [0.25, 0.3) is 0 Å². The zero-order chi connectivity index (χ0) is 16.9. The van der Waals surface area contributed by atoms with Gasteiger partial charge >= 0.3 is 0 Å². The molecule has 2 heterocycles. The second-order valence-corrected chi connectivity index (χ2v) is 4.69. The highest BCUT2D eigenvalue weighted by molar-refractivity contribution is 5.55. The first-order chi connectivity index (χ1) is 11.6. The van der Waals surface area contributed by atoms with Crippen LogP contribution < -0.4 is 10.6 Å². The van der Waals surface area contributed by atoms with Crippen LogP contribution in [0.15, 0.2) is 42.7 Å². The summed E-state index contributed by atoms with van der Waals surface area (Å²) < 4.78 is 39.8. The summed E-state index contributed by atoms with van der Waals surface area (Å²) in [5, 5.41) is 12.8. The third kappa shape index (κ3) is 3.57. The highest BCUT2D eigenvalue weighted by Crippen LogP contribution is 2.22. The van der Waals surface area contributed by atoms with E-state index in [2.05, 4.69) is 30.8 Å². The Hall–Kier alpha value is -3.23. The van der Waals surface area contributed by atoms with Crippen molar-refractivity contribution in [2.75, 3.05) is 10.6 Å². The van der Waals surface area contributed by atoms with Crippen molar-refractivity contribution >= 4 is 17.5 Å². The molecule has 0 aliphatic heterocycles. The van der Waals surface area contributed by atoms with Crippen LogP contribution in [0.3, 0.4) is 0 Å². The largest absolute Gasteiger partial charge is 0.363 e. The van der Waals surface area contributed by atoms with Crippen LogP contribution in [-0.4, -0.2) is 20.2 Å². The van der Waals surface area contributed by atoms with Crippen molar-refractivity contribution in [3.63, 3.8) is 0 Å². The number of pyridine rings is 1. The average Bonchev–Trinajstić information content (AvgIpc) is 2.62. The van der Waals surface area contributed by atoms with Gasteiger partial charge in [0.2, 0.25) is 5.95 Å². The number of halogens is 3. The summed E-state index contributed by atoms with van der Waals surface area (Å²) in [5.74, 6) is -3.90. The van der Waals surface area contributed by atoms with Crippen molar-refractivity contribution in [2.45, 2.75) is 6.54 Å². The molecule has 0 bridgehead atoms. The van der Waals surface area contributed by atoms with Gasteiger partial charge in [-0.25, -0.2) is 13.2 Å². The van der Waals surface area contributed by atoms with E-state index in [1.165, 1.54) is 6.20 Å². The molecule has 6 nitrogen and oxygen atoms in total. The number of benzene rings is 1. The number of rotatable bonds is 5. The molecule has 2 aromatic heterocycles. The summed E-state index contributed by atoms with van der Waals surface area (Å²) in [6.45, 7) is 0.401. The number of nitrogens with one attached hydrogen (secondary N) is 2. The van der Waals surface area contributed by atoms with E-state index in [1.54, 1.807) is 12.3 Å². The van der Waals surface area contributed by atoms with Gasteiger partial charge in [0.05, 0.1) is 24.1 Å². The molecule has 0 amide bonds. The summed E-state index contributed by atoms with van der Waals surface area (Å²) in [5.41, 5.74) is 0.495. The third-order valence-electron chi connectivity index (χ3n) is 3.02. The fourth-order valence-corrected chi connectivity index (χ4v) is 1.87. The first kappa shape index (κ1) is 15.7. The Morgan fingerprint density at radius 2 is 1.88 bits per heavy atom. The topological polar surface area (TPSA) is 75.6 Å². The molecule has 122 valence electrons. The number of hydrogen-bond donors (Lipinski definition) is 2. The van der Waals surface area contributed by atoms with E-state index in [0.29, 0.717) is 12.4 Å². The Morgan fingerprint density at radius 3 is 2.67 bits per heavy atom. The summed E-state index contributed by atoms with van der Waals surface area (Å²) in [6, 6.07) is 7.33. The van der Waals surface area contributed by atoms with Crippen LogP contribution in [0, 0.1) is 17.5 Å². The molecule has 24 heavy (non-hydrogen) atoms. The first-order valence-corrected chi connectivity index (χ1v) is 6.87. The van der Waals surface area contributed by atoms with Gasteiger partial charge in [0.1, 0.15) is 0 Å². The van der Waals surface area contributed by atoms with Crippen molar-refractivity contribution in [1.29, 1.82) is 0 Å². The van der Waals surface area contributed by atoms with Crippen LogP contribution in [0.2, 0.25) is 0 Å². The van der Waals surface area contributed by atoms with Gasteiger partial charge in [-0.05, 0) is 24.3 Å². The van der Waals surface area contributed by atoms with Gasteiger partial charge in [0.25, 0.3) is 0 Å². The number of anilines is 3. The van der Waals surface area contributed by atoms with E-state index in [0.717, 1.165) is 17.8 Å². The van der Waals surface area contributed by atoms with Gasteiger partial charge in [0, 0.05) is 6.20 Å². The SMILES string of the molecule is Fc1ccc(Nc2nncc(NCc3ccccn3)n2)c(F)c1F. The standard InChI is InChI=1S/C15H11F3N6/c16-10-4-5-11(14(18)13(10)17)22-15-23-12(8-21-24-15)20-7-9-3-1-2-6-19-9/h1-6,8H,7H2,(H2,20,22,23,24). The third-order valence-corrected chi connectivity index (χ3v) is 3.02. The van der Waals surface area contributed by atoms with Crippen molar-refractivity contribution in [3.8, 4) is 0 Å². The molecule has 0 aliphatic carbocycles. The van der Waals surface area contributed by atoms with Crippen molar-refractivity contribution < 1.29 is 13.2 Å². The lowest BCUT2D eigenvalue weighted by molar-refractivity contribution is 0.449. The molecule has 3 aromatic rings. The highest BCUT2D eigenvalue weighted by Gasteiger charge is 2.14. The first-order valence-electron chi connectivity index (χ1n) is 6.87. The predicted octanol–water partition coefficient (Wildman–Crippen LogP) is 3.04. The van der Waals surface area contributed by atoms with Crippen LogP contribution in [0.5, 0.6) is 0 Å². The molecule has 0 aliphatic rings. The van der Waals surface area contributed by atoms with Gasteiger partial charge in [-0.3, -0.25) is 4.98 Å². The second kappa shape index (κ2) is 6.90. The zero-order valence-corrected chi connectivity index (χ0v) is 12.2. The Labute approximate surface area is 134 Å². The Morgan fingerprint density at radius 1 is 1.00 bits per heavy atom. The molecule has 2 N–H and O–H groups in total. The lowest BCUT2D eigenvalue weighted by atomic mass is 10.3. The van der Waals surface area contributed by atoms with Gasteiger partial charge in [-0.15, -0.1) is 5.10 Å². The summed E-state index contributed by atoms with van der Waals surface area (Å²) >= 11 is 0. The fraction of sp³-hybridized carbons (Fsp3) is 0.0667. The van der Waals surface area contributed by atoms with Crippen molar-refractivity contribution in [3.05, 3.63) is 65.9 Å². The molecule has 3 rings (SSSR count). The molecule has 0 spiro atoms. The summed E-state index contributed by atoms with van der Waals surface area (Å²) in [6.07, 6.45) is 3.03. The molecule has 0 fully saturated rings. The van der Waals surface area contributed by atoms with Crippen LogP contribution >= 0.6 is 0 Å². The lowest BCUT2D eigenvalue weighted by Gasteiger charge is -2.08. The Balaban J connectivity index is 1.73. The van der Waals surface area contributed by atoms with Gasteiger partial charge in [-0.1, -0.05) is 6.07 Å². The number of hydrogen-bond acceptors (Lipinski definition) is 6. The quantitative estimate of drug-likeness (QED) is 0.700. The summed E-state index contributed by atoms with van der Waals surface area (Å²) in [7, 11) is 0. The minimum Gasteiger partial charge on any atom is -0.363 e. The van der Waals surface area contributed by atoms with E-state index in [1.807, 2.05) is 12.1 Å². The molecular weight excluding hydrogens is 321 g/mol. The monoisotopic (exact) mass is 332 g/mol. The molecule has 0 radical (unpaired) electrons. The van der Waals surface area contributed by atoms with E-state index in [4.69, 9.17) is 0 Å². The summed E-state index contributed by atoms with van der Waals surface area (Å²) in [4.78, 5) is 8.21. The van der Waals surface area contributed by atoms with Crippen LogP contribution in [0.4, 0.5) is 30.6 Å². The number of nitrogens with zero attached hydrogens (tertiary/aromatic N) is 4. The number of aromatic nitrogens is 4. The maximum atomic E-state index is 13.6. The second-order valence-electron chi connectivity index (χ2n) is 4.69. The molecule has 0 unspecified atom stereocenters. The fourth-order valence-electron chi connectivity index (χ4n) is 1.87. The van der Waals surface area contributed by atoms with E-state index >= 15 is 0 Å². The zero-order valence-electron chi connectivity index (χ0n) is 12.2. The van der Waals surface area contributed by atoms with Crippen LogP contribution in [-0.2, 0) is 6.54 Å². The van der Waals surface area contributed by atoms with Gasteiger partial charge in [0.15, 0.2) is 23.3 Å². The van der Waals surface area contributed by atoms with E-state index < -0.39 is 17.5 Å². The molecule has 0 atom stereocenters. The van der Waals surface area contributed by atoms with Gasteiger partial charge in [-0.2, -0.15) is 10.1 Å². The van der Waals surface area contributed by atoms with Crippen molar-refractivity contribution in [2.24, 2.45) is 0 Å². The Bertz CT molecular complexity index is 844. The minimum atomic E-state index is -1.57. The molecule has 0 saturated heterocycles. The lowest BCUT2D eigenvalue weighted by Crippen LogP contribution is -2.07. The highest BCUT2D eigenvalue weighted by atomic mass is 19.2.